The van der Waals surface area contributed by atoms with Crippen molar-refractivity contribution in [1.29, 1.82) is 0 Å². The molecule has 1 saturated heterocycles. The van der Waals surface area contributed by atoms with Crippen LogP contribution in [0, 0.1) is 18.7 Å². The fourth-order valence-corrected chi connectivity index (χ4v) is 3.10. The Kier molecular flexibility index (Phi) is 5.07. The highest BCUT2D eigenvalue weighted by atomic mass is 19.1. The average molecular weight is 341 g/mol. The maximum atomic E-state index is 13.5. The molecule has 0 bridgehead atoms. The molecule has 1 N–H and O–H groups in total. The number of piperidine rings is 1. The van der Waals surface area contributed by atoms with Crippen molar-refractivity contribution in [1.82, 2.24) is 9.88 Å². The number of ketones is 1. The van der Waals surface area contributed by atoms with Gasteiger partial charge in [-0.1, -0.05) is 6.07 Å². The molecule has 5 nitrogen and oxygen atoms in total. The molecule has 1 atom stereocenters. The number of nitrogens with one attached hydrogen (secondary N) is 1. The molecule has 0 spiro atoms. The molecule has 6 heteroatoms. The van der Waals surface area contributed by atoms with Gasteiger partial charge in [0, 0.05) is 30.9 Å². The Morgan fingerprint density at radius 3 is 2.84 bits per heavy atom. The van der Waals surface area contributed by atoms with Crippen LogP contribution in [0.3, 0.4) is 0 Å². The van der Waals surface area contributed by atoms with Gasteiger partial charge in [-0.2, -0.15) is 0 Å². The summed E-state index contributed by atoms with van der Waals surface area (Å²) in [6, 6.07) is 9.31. The predicted octanol–water partition coefficient (Wildman–Crippen LogP) is 3.66. The summed E-state index contributed by atoms with van der Waals surface area (Å²) in [7, 11) is 0. The monoisotopic (exact) mass is 341 g/mol. The lowest BCUT2D eigenvalue weighted by Crippen LogP contribution is -2.44. The van der Waals surface area contributed by atoms with Crippen LogP contribution in [0.25, 0.3) is 0 Å². The van der Waals surface area contributed by atoms with Gasteiger partial charge < -0.3 is 10.2 Å². The van der Waals surface area contributed by atoms with Crippen molar-refractivity contribution in [2.45, 2.75) is 19.8 Å². The number of carbonyl (C=O) groups excluding carboxylic acids is 2. The van der Waals surface area contributed by atoms with E-state index in [-0.39, 0.29) is 17.7 Å². The van der Waals surface area contributed by atoms with Crippen LogP contribution < -0.4 is 5.32 Å². The quantitative estimate of drug-likeness (QED) is 0.867. The normalized spacial score (nSPS) is 17.2. The molecule has 1 aliphatic heterocycles. The first-order chi connectivity index (χ1) is 12.0. The summed E-state index contributed by atoms with van der Waals surface area (Å²) in [5.74, 6) is -0.694. The molecule has 25 heavy (non-hydrogen) atoms. The van der Waals surface area contributed by atoms with E-state index in [1.54, 1.807) is 42.3 Å². The molecule has 0 aliphatic carbocycles. The molecule has 0 saturated carbocycles. The summed E-state index contributed by atoms with van der Waals surface area (Å²) >= 11 is 0. The summed E-state index contributed by atoms with van der Waals surface area (Å²) in [6.07, 6.45) is 3.07. The third-order valence-electron chi connectivity index (χ3n) is 4.29. The van der Waals surface area contributed by atoms with E-state index in [9.17, 15) is 14.0 Å². The lowest BCUT2D eigenvalue weighted by Gasteiger charge is -2.32. The number of nitrogens with zero attached hydrogens (tertiary/aromatic N) is 2. The van der Waals surface area contributed by atoms with E-state index in [1.807, 2.05) is 0 Å². The second-order valence-electron chi connectivity index (χ2n) is 6.31. The number of aromatic nitrogens is 1. The zero-order valence-corrected chi connectivity index (χ0v) is 14.0. The number of anilines is 1. The average Bonchev–Trinajstić information content (AvgIpc) is 2.61. The Labute approximate surface area is 145 Å². The Morgan fingerprint density at radius 2 is 2.12 bits per heavy atom. The van der Waals surface area contributed by atoms with Crippen LogP contribution in [0.4, 0.5) is 14.9 Å². The molecule has 1 aliphatic rings. The molecule has 2 heterocycles. The molecule has 130 valence electrons. The maximum Gasteiger partial charge on any atom is 0.321 e. The van der Waals surface area contributed by atoms with Crippen LogP contribution in [0.5, 0.6) is 0 Å². The van der Waals surface area contributed by atoms with Crippen LogP contribution in [0.2, 0.25) is 0 Å². The van der Waals surface area contributed by atoms with E-state index in [2.05, 4.69) is 10.3 Å². The first-order valence-corrected chi connectivity index (χ1v) is 8.31. The molecule has 1 aromatic heterocycles. The molecule has 0 radical (unpaired) electrons. The second kappa shape index (κ2) is 7.42. The molecular weight excluding hydrogens is 321 g/mol. The van der Waals surface area contributed by atoms with Gasteiger partial charge in [0.2, 0.25) is 0 Å². The minimum Gasteiger partial charge on any atom is -0.324 e. The number of amides is 2. The van der Waals surface area contributed by atoms with Gasteiger partial charge in [0.1, 0.15) is 11.5 Å². The minimum atomic E-state index is -0.392. The number of urea groups is 1. The summed E-state index contributed by atoms with van der Waals surface area (Å²) < 4.78 is 13.5. The third-order valence-corrected chi connectivity index (χ3v) is 4.29. The number of carbonyl (C=O) groups is 2. The van der Waals surface area contributed by atoms with Crippen molar-refractivity contribution in [3.8, 4) is 0 Å². The van der Waals surface area contributed by atoms with Crippen LogP contribution in [0.1, 0.15) is 28.9 Å². The molecule has 0 unspecified atom stereocenters. The smallest absolute Gasteiger partial charge is 0.321 e. The Balaban J connectivity index is 1.66. The topological polar surface area (TPSA) is 62.3 Å². The van der Waals surface area contributed by atoms with Crippen molar-refractivity contribution >= 4 is 17.5 Å². The van der Waals surface area contributed by atoms with Gasteiger partial charge in [0.05, 0.1) is 0 Å². The number of rotatable bonds is 3. The van der Waals surface area contributed by atoms with Crippen LogP contribution >= 0.6 is 0 Å². The van der Waals surface area contributed by atoms with Gasteiger partial charge in [0.15, 0.2) is 5.78 Å². The molecule has 1 aromatic carbocycles. The van der Waals surface area contributed by atoms with Gasteiger partial charge in [0.25, 0.3) is 0 Å². The standard InChI is InChI=1S/C19H20FN3O2/c1-13-9-15(20)11-16(10-13)22-19(25)23-8-4-5-14(12-23)18(24)17-6-2-3-7-21-17/h2-3,6-7,9-11,14H,4-5,8,12H2,1H3,(H,22,25)/t14-/m0/s1. The molecule has 2 aromatic rings. The maximum absolute atomic E-state index is 13.5. The lowest BCUT2D eigenvalue weighted by atomic mass is 9.92. The molecule has 2 amide bonds. The molecule has 1 fully saturated rings. The van der Waals surface area contributed by atoms with E-state index in [0.717, 1.165) is 18.4 Å². The first kappa shape index (κ1) is 17.1. The third kappa shape index (κ3) is 4.21. The van der Waals surface area contributed by atoms with Crippen LogP contribution in [-0.4, -0.2) is 34.8 Å². The fourth-order valence-electron chi connectivity index (χ4n) is 3.10. The van der Waals surface area contributed by atoms with Gasteiger partial charge in [-0.3, -0.25) is 9.78 Å². The van der Waals surface area contributed by atoms with Gasteiger partial charge >= 0.3 is 6.03 Å². The van der Waals surface area contributed by atoms with Gasteiger partial charge in [-0.15, -0.1) is 0 Å². The van der Waals surface area contributed by atoms with Crippen LogP contribution in [-0.2, 0) is 0 Å². The fraction of sp³-hybridized carbons (Fsp3) is 0.316. The molecule has 3 rings (SSSR count). The summed E-state index contributed by atoms with van der Waals surface area (Å²) in [5.41, 5.74) is 1.58. The Morgan fingerprint density at radius 1 is 1.28 bits per heavy atom. The van der Waals surface area contributed by atoms with Crippen molar-refractivity contribution in [3.05, 3.63) is 59.7 Å². The largest absolute Gasteiger partial charge is 0.324 e. The second-order valence-corrected chi connectivity index (χ2v) is 6.31. The highest BCUT2D eigenvalue weighted by molar-refractivity contribution is 5.97. The van der Waals surface area contributed by atoms with Crippen molar-refractivity contribution in [2.24, 2.45) is 5.92 Å². The zero-order chi connectivity index (χ0) is 17.8. The molecular formula is C19H20FN3O2. The number of pyridine rings is 1. The SMILES string of the molecule is Cc1cc(F)cc(NC(=O)N2CCC[C@H](C(=O)c3ccccn3)C2)c1. The van der Waals surface area contributed by atoms with Crippen LogP contribution in [0.15, 0.2) is 42.6 Å². The summed E-state index contributed by atoms with van der Waals surface area (Å²) in [4.78, 5) is 30.7. The summed E-state index contributed by atoms with van der Waals surface area (Å²) in [6.45, 7) is 2.68. The Hall–Kier alpha value is -2.76. The van der Waals surface area contributed by atoms with E-state index >= 15 is 0 Å². The number of Topliss-reactive ketones (excluding diaryl/α,β-unsaturated/α-hetero) is 1. The van der Waals surface area contributed by atoms with Crippen molar-refractivity contribution in [3.63, 3.8) is 0 Å². The van der Waals surface area contributed by atoms with Gasteiger partial charge in [-0.05, 0) is 55.7 Å². The summed E-state index contributed by atoms with van der Waals surface area (Å²) in [5, 5.41) is 2.71. The minimum absolute atomic E-state index is 0.0419. The van der Waals surface area contributed by atoms with Crippen molar-refractivity contribution < 1.29 is 14.0 Å². The highest BCUT2D eigenvalue weighted by Crippen LogP contribution is 2.21. The highest BCUT2D eigenvalue weighted by Gasteiger charge is 2.29. The van der Waals surface area contributed by atoms with Gasteiger partial charge in [-0.25, -0.2) is 9.18 Å². The number of hydrogen-bond acceptors (Lipinski definition) is 3. The number of aryl methyl sites for hydroxylation is 1. The lowest BCUT2D eigenvalue weighted by molar-refractivity contribution is 0.0846. The number of halogens is 1. The number of likely N-dealkylation sites (tertiary alicyclic amines) is 1. The first-order valence-electron chi connectivity index (χ1n) is 8.31. The van der Waals surface area contributed by atoms with Crippen molar-refractivity contribution in [2.75, 3.05) is 18.4 Å². The predicted molar refractivity (Wildman–Crippen MR) is 93.0 cm³/mol. The zero-order valence-electron chi connectivity index (χ0n) is 14.0. The number of hydrogen-bond donors (Lipinski definition) is 1. The van der Waals surface area contributed by atoms with E-state index in [0.29, 0.717) is 24.5 Å². The van der Waals surface area contributed by atoms with E-state index < -0.39 is 5.82 Å². The number of benzene rings is 1. The Bertz CT molecular complexity index is 759. The van der Waals surface area contributed by atoms with E-state index in [1.165, 1.54) is 12.1 Å². The van der Waals surface area contributed by atoms with E-state index in [4.69, 9.17) is 0 Å².